The summed E-state index contributed by atoms with van der Waals surface area (Å²) < 4.78 is 5.38. The molecule has 0 aliphatic rings. The minimum absolute atomic E-state index is 0.536. The van der Waals surface area contributed by atoms with Crippen molar-refractivity contribution in [2.75, 3.05) is 45.0 Å². The Hall–Kier alpha value is -1.01. The molecule has 0 bridgehead atoms. The number of nitrogens with zero attached hydrogens (tertiary/aromatic N) is 1. The van der Waals surface area contributed by atoms with Crippen molar-refractivity contribution in [1.82, 2.24) is 10.6 Å². The van der Waals surface area contributed by atoms with Crippen LogP contribution in [0.2, 0.25) is 0 Å². The maximum Gasteiger partial charge on any atom is 0.191 e. The molecule has 0 heterocycles. The third-order valence-corrected chi connectivity index (χ3v) is 5.03. The fourth-order valence-electron chi connectivity index (χ4n) is 1.79. The SMILES string of the molecule is CN=C(NCCSC)NCC(C)CSc1ccccc1OC. The molecule has 1 rings (SSSR count). The summed E-state index contributed by atoms with van der Waals surface area (Å²) >= 11 is 3.66. The van der Waals surface area contributed by atoms with Crippen LogP contribution in [0.25, 0.3) is 0 Å². The van der Waals surface area contributed by atoms with E-state index in [9.17, 15) is 0 Å². The number of hydrogen-bond donors (Lipinski definition) is 2. The molecule has 0 aromatic heterocycles. The van der Waals surface area contributed by atoms with Crippen LogP contribution in [0.5, 0.6) is 5.75 Å². The largest absolute Gasteiger partial charge is 0.496 e. The van der Waals surface area contributed by atoms with Gasteiger partial charge in [-0.3, -0.25) is 4.99 Å². The number of hydrogen-bond acceptors (Lipinski definition) is 4. The highest BCUT2D eigenvalue weighted by molar-refractivity contribution is 7.99. The van der Waals surface area contributed by atoms with Crippen LogP contribution in [0.1, 0.15) is 6.92 Å². The molecule has 0 spiro atoms. The number of benzene rings is 1. The molecular formula is C16H27N3OS2. The molecule has 22 heavy (non-hydrogen) atoms. The Labute approximate surface area is 142 Å². The highest BCUT2D eigenvalue weighted by Gasteiger charge is 2.07. The molecular weight excluding hydrogens is 314 g/mol. The van der Waals surface area contributed by atoms with E-state index >= 15 is 0 Å². The van der Waals surface area contributed by atoms with E-state index in [1.807, 2.05) is 48.8 Å². The number of rotatable bonds is 9. The number of para-hydroxylation sites is 1. The summed E-state index contributed by atoms with van der Waals surface area (Å²) in [6.45, 7) is 4.08. The van der Waals surface area contributed by atoms with Gasteiger partial charge in [-0.15, -0.1) is 11.8 Å². The molecule has 1 aromatic rings. The van der Waals surface area contributed by atoms with Crippen LogP contribution in [-0.2, 0) is 0 Å². The topological polar surface area (TPSA) is 45.7 Å². The maximum absolute atomic E-state index is 5.38. The van der Waals surface area contributed by atoms with Crippen molar-refractivity contribution in [3.63, 3.8) is 0 Å². The molecule has 0 saturated heterocycles. The lowest BCUT2D eigenvalue weighted by Gasteiger charge is -2.16. The number of thioether (sulfide) groups is 2. The van der Waals surface area contributed by atoms with Crippen LogP contribution in [0.3, 0.4) is 0 Å². The average Bonchev–Trinajstić information content (AvgIpc) is 2.56. The van der Waals surface area contributed by atoms with Crippen LogP contribution in [0.4, 0.5) is 0 Å². The zero-order valence-corrected chi connectivity index (χ0v) is 15.5. The first-order valence-corrected chi connectivity index (χ1v) is 9.78. The van der Waals surface area contributed by atoms with Gasteiger partial charge in [0.1, 0.15) is 5.75 Å². The molecule has 0 fully saturated rings. The monoisotopic (exact) mass is 341 g/mol. The van der Waals surface area contributed by atoms with Crippen molar-refractivity contribution in [2.24, 2.45) is 10.9 Å². The second-order valence-electron chi connectivity index (χ2n) is 4.94. The Morgan fingerprint density at radius 1 is 1.32 bits per heavy atom. The van der Waals surface area contributed by atoms with E-state index in [-0.39, 0.29) is 0 Å². The molecule has 6 heteroatoms. The molecule has 0 radical (unpaired) electrons. The van der Waals surface area contributed by atoms with Crippen LogP contribution >= 0.6 is 23.5 Å². The Balaban J connectivity index is 2.32. The first-order chi connectivity index (χ1) is 10.7. The third-order valence-electron chi connectivity index (χ3n) is 3.03. The van der Waals surface area contributed by atoms with Crippen LogP contribution in [-0.4, -0.2) is 51.0 Å². The van der Waals surface area contributed by atoms with E-state index in [1.165, 1.54) is 4.90 Å². The molecule has 4 nitrogen and oxygen atoms in total. The smallest absolute Gasteiger partial charge is 0.191 e. The summed E-state index contributed by atoms with van der Waals surface area (Å²) in [4.78, 5) is 5.43. The number of nitrogens with one attached hydrogen (secondary N) is 2. The highest BCUT2D eigenvalue weighted by Crippen LogP contribution is 2.29. The Morgan fingerprint density at radius 2 is 2.09 bits per heavy atom. The van der Waals surface area contributed by atoms with Gasteiger partial charge in [-0.25, -0.2) is 0 Å². The van der Waals surface area contributed by atoms with Gasteiger partial charge in [0.15, 0.2) is 5.96 Å². The normalized spacial score (nSPS) is 12.8. The molecule has 124 valence electrons. The molecule has 0 amide bonds. The van der Waals surface area contributed by atoms with E-state index in [0.717, 1.165) is 36.3 Å². The summed E-state index contributed by atoms with van der Waals surface area (Å²) in [6.07, 6.45) is 2.11. The number of guanidine groups is 1. The zero-order valence-electron chi connectivity index (χ0n) is 13.9. The maximum atomic E-state index is 5.38. The highest BCUT2D eigenvalue weighted by atomic mass is 32.2. The van der Waals surface area contributed by atoms with E-state index in [1.54, 1.807) is 7.11 Å². The lowest BCUT2D eigenvalue weighted by Crippen LogP contribution is -2.40. The van der Waals surface area contributed by atoms with Crippen molar-refractivity contribution >= 4 is 29.5 Å². The fourth-order valence-corrected chi connectivity index (χ4v) is 3.15. The molecule has 0 aliphatic carbocycles. The number of ether oxygens (including phenoxy) is 1. The minimum atomic E-state index is 0.536. The van der Waals surface area contributed by atoms with Gasteiger partial charge in [0.2, 0.25) is 0 Å². The first-order valence-electron chi connectivity index (χ1n) is 7.40. The number of aliphatic imine (C=N–C) groups is 1. The standard InChI is InChI=1S/C16H27N3OS2/c1-13(11-19-16(17-2)18-9-10-21-4)12-22-15-8-6-5-7-14(15)20-3/h5-8,13H,9-12H2,1-4H3,(H2,17,18,19). The predicted octanol–water partition coefficient (Wildman–Crippen LogP) is 2.95. The Kier molecular flexibility index (Phi) is 9.99. The van der Waals surface area contributed by atoms with E-state index in [4.69, 9.17) is 4.74 Å². The Morgan fingerprint density at radius 3 is 2.77 bits per heavy atom. The molecule has 1 atom stereocenters. The lowest BCUT2D eigenvalue weighted by molar-refractivity contribution is 0.405. The van der Waals surface area contributed by atoms with Gasteiger partial charge < -0.3 is 15.4 Å². The molecule has 1 aromatic carbocycles. The summed E-state index contributed by atoms with van der Waals surface area (Å²) in [6, 6.07) is 8.15. The van der Waals surface area contributed by atoms with Gasteiger partial charge >= 0.3 is 0 Å². The predicted molar refractivity (Wildman–Crippen MR) is 101 cm³/mol. The molecule has 1 unspecified atom stereocenters. The van der Waals surface area contributed by atoms with Crippen LogP contribution in [0, 0.1) is 5.92 Å². The van der Waals surface area contributed by atoms with Crippen molar-refractivity contribution in [3.05, 3.63) is 24.3 Å². The fraction of sp³-hybridized carbons (Fsp3) is 0.562. The van der Waals surface area contributed by atoms with Crippen molar-refractivity contribution in [3.8, 4) is 5.75 Å². The Bertz CT molecular complexity index is 455. The van der Waals surface area contributed by atoms with Crippen molar-refractivity contribution in [1.29, 1.82) is 0 Å². The molecule has 0 aliphatic heterocycles. The van der Waals surface area contributed by atoms with Gasteiger partial charge in [0.25, 0.3) is 0 Å². The molecule has 0 saturated carbocycles. The second-order valence-corrected chi connectivity index (χ2v) is 6.99. The van der Waals surface area contributed by atoms with Gasteiger partial charge in [-0.05, 0) is 24.3 Å². The lowest BCUT2D eigenvalue weighted by atomic mass is 10.2. The first kappa shape index (κ1) is 19.0. The zero-order chi connectivity index (χ0) is 16.2. The van der Waals surface area contributed by atoms with Gasteiger partial charge in [-0.2, -0.15) is 11.8 Å². The van der Waals surface area contributed by atoms with Gasteiger partial charge in [-0.1, -0.05) is 19.1 Å². The van der Waals surface area contributed by atoms with Crippen molar-refractivity contribution in [2.45, 2.75) is 11.8 Å². The summed E-state index contributed by atoms with van der Waals surface area (Å²) in [5.41, 5.74) is 0. The minimum Gasteiger partial charge on any atom is -0.496 e. The van der Waals surface area contributed by atoms with Gasteiger partial charge in [0.05, 0.1) is 7.11 Å². The molecule has 2 N–H and O–H groups in total. The average molecular weight is 342 g/mol. The third kappa shape index (κ3) is 7.31. The van der Waals surface area contributed by atoms with E-state index in [2.05, 4.69) is 34.9 Å². The summed E-state index contributed by atoms with van der Waals surface area (Å²) in [7, 11) is 3.53. The van der Waals surface area contributed by atoms with E-state index in [0.29, 0.717) is 5.92 Å². The van der Waals surface area contributed by atoms with E-state index < -0.39 is 0 Å². The summed E-state index contributed by atoms with van der Waals surface area (Å²) in [5.74, 6) is 4.48. The van der Waals surface area contributed by atoms with Crippen LogP contribution in [0.15, 0.2) is 34.2 Å². The summed E-state index contributed by atoms with van der Waals surface area (Å²) in [5, 5.41) is 6.69. The number of methoxy groups -OCH3 is 1. The second kappa shape index (κ2) is 11.5. The van der Waals surface area contributed by atoms with Crippen molar-refractivity contribution < 1.29 is 4.74 Å². The van der Waals surface area contributed by atoms with Crippen LogP contribution < -0.4 is 15.4 Å². The van der Waals surface area contributed by atoms with Gasteiger partial charge in [0, 0.05) is 36.5 Å². The quantitative estimate of drug-likeness (QED) is 0.313.